The molecule has 3 heterocycles. The molecule has 0 aliphatic carbocycles. The van der Waals surface area contributed by atoms with Gasteiger partial charge in [-0.1, -0.05) is 72.4 Å². The molecule has 10 nitrogen and oxygen atoms in total. The predicted molar refractivity (Wildman–Crippen MR) is 138 cm³/mol. The van der Waals surface area contributed by atoms with Crippen LogP contribution in [0.4, 0.5) is 0 Å². The zero-order valence-corrected chi connectivity index (χ0v) is 21.5. The number of benzene rings is 2. The van der Waals surface area contributed by atoms with Crippen LogP contribution in [0.25, 0.3) is 0 Å². The fourth-order valence-electron chi connectivity index (χ4n) is 4.18. The van der Waals surface area contributed by atoms with Crippen molar-refractivity contribution in [2.45, 2.75) is 41.8 Å². The Labute approximate surface area is 221 Å². The summed E-state index contributed by atoms with van der Waals surface area (Å²) in [5, 5.41) is 16.6. The Hall–Kier alpha value is -3.64. The molecule has 0 spiro atoms. The largest absolute Gasteiger partial charge is 0.456 e. The zero-order valence-electron chi connectivity index (χ0n) is 19.9. The highest BCUT2D eigenvalue weighted by Crippen LogP contribution is 2.43. The number of carbonyl (C=O) groups is 3. The fraction of sp³-hybridized carbons (Fsp3) is 0.280. The molecule has 2 unspecified atom stereocenters. The summed E-state index contributed by atoms with van der Waals surface area (Å²) in [7, 11) is 0. The van der Waals surface area contributed by atoms with E-state index in [9.17, 15) is 14.4 Å². The number of thioether (sulfide) groups is 2. The number of aromatic amines is 1. The van der Waals surface area contributed by atoms with Crippen LogP contribution in [0.3, 0.4) is 0 Å². The van der Waals surface area contributed by atoms with Crippen molar-refractivity contribution in [3.63, 3.8) is 0 Å². The van der Waals surface area contributed by atoms with E-state index in [0.29, 0.717) is 10.9 Å². The predicted octanol–water partition coefficient (Wildman–Crippen LogP) is 2.32. The Morgan fingerprint density at radius 1 is 1.16 bits per heavy atom. The van der Waals surface area contributed by atoms with Gasteiger partial charge < -0.3 is 10.1 Å². The first kappa shape index (κ1) is 25.0. The Morgan fingerprint density at radius 2 is 1.86 bits per heavy atom. The number of aromatic nitrogens is 4. The number of fused-ring (bicyclic) bond motifs is 1. The van der Waals surface area contributed by atoms with E-state index in [-0.39, 0.29) is 41.2 Å². The molecule has 0 bridgehead atoms. The summed E-state index contributed by atoms with van der Waals surface area (Å²) < 4.78 is 5.63. The maximum Gasteiger partial charge on any atom is 0.355 e. The molecule has 0 radical (unpaired) electrons. The second kappa shape index (κ2) is 11.2. The Balaban J connectivity index is 1.34. The molecular formula is C25H24N6O4S2. The molecule has 2 aliphatic heterocycles. The topological polar surface area (TPSA) is 130 Å². The molecule has 190 valence electrons. The molecule has 2 aromatic carbocycles. The van der Waals surface area contributed by atoms with Crippen molar-refractivity contribution >= 4 is 41.3 Å². The van der Waals surface area contributed by atoms with Crippen LogP contribution in [0, 0.1) is 0 Å². The van der Waals surface area contributed by atoms with E-state index in [4.69, 9.17) is 4.74 Å². The minimum Gasteiger partial charge on any atom is -0.456 e. The smallest absolute Gasteiger partial charge is 0.355 e. The molecule has 1 aromatic heterocycles. The Bertz CT molecular complexity index is 1300. The third kappa shape index (κ3) is 5.54. The third-order valence-corrected chi connectivity index (χ3v) is 8.37. The lowest BCUT2D eigenvalue weighted by molar-refractivity contribution is -0.153. The van der Waals surface area contributed by atoms with E-state index in [1.54, 1.807) is 0 Å². The lowest BCUT2D eigenvalue weighted by Gasteiger charge is -2.50. The first-order chi connectivity index (χ1) is 18.0. The molecule has 5 rings (SSSR count). The minimum absolute atomic E-state index is 0.0844. The number of hydrogen-bond acceptors (Lipinski definition) is 9. The van der Waals surface area contributed by atoms with Gasteiger partial charge in [0.1, 0.15) is 23.7 Å². The van der Waals surface area contributed by atoms with Gasteiger partial charge in [-0.15, -0.1) is 16.9 Å². The van der Waals surface area contributed by atoms with Crippen molar-refractivity contribution in [1.29, 1.82) is 0 Å². The van der Waals surface area contributed by atoms with Gasteiger partial charge in [-0.3, -0.25) is 14.5 Å². The van der Waals surface area contributed by atoms with Crippen LogP contribution in [0.15, 0.2) is 77.1 Å². The number of tetrazole rings is 1. The maximum atomic E-state index is 13.4. The van der Waals surface area contributed by atoms with Gasteiger partial charge in [0.25, 0.3) is 5.91 Å². The van der Waals surface area contributed by atoms with Crippen LogP contribution in [0.5, 0.6) is 0 Å². The van der Waals surface area contributed by atoms with Gasteiger partial charge in [0.2, 0.25) is 11.1 Å². The Kier molecular flexibility index (Phi) is 7.56. The molecule has 0 saturated carbocycles. The fourth-order valence-corrected chi connectivity index (χ4v) is 6.61. The highest BCUT2D eigenvalue weighted by atomic mass is 32.2. The number of carbonyl (C=O) groups excluding carboxylic acids is 3. The SMILES string of the molecule is CC(Sc1nnn[nH]1)C1=C(C(=O)OCc2ccccc2)N2C(=O)C(NC(=O)Cc3ccccc3)[C@@H]2SC1. The molecule has 2 amide bonds. The molecule has 1 saturated heterocycles. The van der Waals surface area contributed by atoms with Crippen molar-refractivity contribution in [2.75, 3.05) is 5.75 Å². The monoisotopic (exact) mass is 536 g/mol. The van der Waals surface area contributed by atoms with Crippen molar-refractivity contribution in [3.05, 3.63) is 83.1 Å². The van der Waals surface area contributed by atoms with Crippen LogP contribution in [0.1, 0.15) is 18.1 Å². The summed E-state index contributed by atoms with van der Waals surface area (Å²) >= 11 is 2.86. The summed E-state index contributed by atoms with van der Waals surface area (Å²) in [4.78, 5) is 40.7. The van der Waals surface area contributed by atoms with E-state index in [1.807, 2.05) is 67.6 Å². The second-order valence-electron chi connectivity index (χ2n) is 8.52. The number of ether oxygens (including phenoxy) is 1. The molecule has 37 heavy (non-hydrogen) atoms. The quantitative estimate of drug-likeness (QED) is 0.240. The number of esters is 1. The highest BCUT2D eigenvalue weighted by molar-refractivity contribution is 8.01. The number of nitrogens with one attached hydrogen (secondary N) is 2. The lowest BCUT2D eigenvalue weighted by atomic mass is 10.0. The average molecular weight is 537 g/mol. The van der Waals surface area contributed by atoms with E-state index < -0.39 is 12.0 Å². The van der Waals surface area contributed by atoms with Gasteiger partial charge in [0.15, 0.2) is 0 Å². The summed E-state index contributed by atoms with van der Waals surface area (Å²) in [5.74, 6) is -0.657. The summed E-state index contributed by atoms with van der Waals surface area (Å²) in [6.07, 6.45) is 0.175. The molecule has 2 N–H and O–H groups in total. The van der Waals surface area contributed by atoms with Gasteiger partial charge in [-0.05, 0) is 34.1 Å². The van der Waals surface area contributed by atoms with Crippen molar-refractivity contribution in [1.82, 2.24) is 30.8 Å². The van der Waals surface area contributed by atoms with Gasteiger partial charge in [0.05, 0.1) is 6.42 Å². The average Bonchev–Trinajstić information content (AvgIpc) is 3.43. The first-order valence-electron chi connectivity index (χ1n) is 11.6. The van der Waals surface area contributed by atoms with Crippen LogP contribution < -0.4 is 5.32 Å². The van der Waals surface area contributed by atoms with Crippen LogP contribution in [0.2, 0.25) is 0 Å². The van der Waals surface area contributed by atoms with Gasteiger partial charge >= 0.3 is 5.97 Å². The van der Waals surface area contributed by atoms with E-state index >= 15 is 0 Å². The van der Waals surface area contributed by atoms with E-state index in [1.165, 1.54) is 28.4 Å². The third-order valence-electron chi connectivity index (χ3n) is 6.03. The molecule has 1 fully saturated rings. The van der Waals surface area contributed by atoms with E-state index in [2.05, 4.69) is 25.9 Å². The van der Waals surface area contributed by atoms with Crippen LogP contribution in [-0.4, -0.2) is 65.7 Å². The van der Waals surface area contributed by atoms with Crippen molar-refractivity contribution in [3.8, 4) is 0 Å². The highest BCUT2D eigenvalue weighted by Gasteiger charge is 2.54. The number of rotatable bonds is 9. The minimum atomic E-state index is -0.707. The molecule has 2 aliphatic rings. The Morgan fingerprint density at radius 3 is 2.54 bits per heavy atom. The molecular weight excluding hydrogens is 512 g/mol. The number of amides is 2. The van der Waals surface area contributed by atoms with Crippen LogP contribution >= 0.6 is 23.5 Å². The molecule has 3 aromatic rings. The van der Waals surface area contributed by atoms with Gasteiger partial charge in [0, 0.05) is 11.0 Å². The second-order valence-corrected chi connectivity index (χ2v) is 11.0. The lowest BCUT2D eigenvalue weighted by Crippen LogP contribution is -2.70. The number of H-pyrrole nitrogens is 1. The first-order valence-corrected chi connectivity index (χ1v) is 13.6. The molecule has 3 atom stereocenters. The number of nitrogens with zero attached hydrogens (tertiary/aromatic N) is 4. The standard InChI is InChI=1S/C25H24N6O4S2/c1-15(37-25-27-29-30-28-25)18-14-36-23-20(26-19(32)12-16-8-4-2-5-9-16)22(33)31(23)21(18)24(34)35-13-17-10-6-3-7-11-17/h2-11,15,20,23H,12-14H2,1H3,(H,26,32)(H,27,28,29,30)/t15?,20?,23-/m0/s1. The number of β-lactam (4-membered cyclic amide) rings is 1. The van der Waals surface area contributed by atoms with Crippen molar-refractivity contribution < 1.29 is 19.1 Å². The summed E-state index contributed by atoms with van der Waals surface area (Å²) in [6, 6.07) is 18.0. The zero-order chi connectivity index (χ0) is 25.8. The maximum absolute atomic E-state index is 13.4. The van der Waals surface area contributed by atoms with E-state index in [0.717, 1.165) is 16.7 Å². The van der Waals surface area contributed by atoms with Gasteiger partial charge in [-0.2, -0.15) is 0 Å². The summed E-state index contributed by atoms with van der Waals surface area (Å²) in [6.45, 7) is 2.01. The van der Waals surface area contributed by atoms with Crippen molar-refractivity contribution in [2.24, 2.45) is 0 Å². The molecule has 12 heteroatoms. The van der Waals surface area contributed by atoms with Gasteiger partial charge in [-0.25, -0.2) is 9.89 Å². The van der Waals surface area contributed by atoms with Crippen LogP contribution in [-0.2, 0) is 32.1 Å². The summed E-state index contributed by atoms with van der Waals surface area (Å²) in [5.41, 5.74) is 2.68. The normalized spacial score (nSPS) is 19.6. The number of hydrogen-bond donors (Lipinski definition) is 2.